The van der Waals surface area contributed by atoms with Crippen LogP contribution in [0.3, 0.4) is 0 Å². The summed E-state index contributed by atoms with van der Waals surface area (Å²) in [5.41, 5.74) is 7.68. The van der Waals surface area contributed by atoms with E-state index in [0.717, 1.165) is 12.0 Å². The van der Waals surface area contributed by atoms with Crippen molar-refractivity contribution in [1.82, 2.24) is 4.57 Å². The summed E-state index contributed by atoms with van der Waals surface area (Å²) in [6, 6.07) is 6.82. The smallest absolute Gasteiger partial charge is 0.141 e. The van der Waals surface area contributed by atoms with E-state index < -0.39 is 0 Å². The number of halogens is 2. The zero-order valence-corrected chi connectivity index (χ0v) is 10.1. The predicted octanol–water partition coefficient (Wildman–Crippen LogP) is 2.83. The highest BCUT2D eigenvalue weighted by Crippen LogP contribution is 2.17. The molecule has 1 heterocycles. The maximum absolute atomic E-state index is 13.0. The summed E-state index contributed by atoms with van der Waals surface area (Å²) < 4.78 is 15.0. The lowest BCUT2D eigenvalue weighted by Gasteiger charge is -2.04. The summed E-state index contributed by atoms with van der Waals surface area (Å²) in [5.74, 6) is -0.383. The molecular weight excluding hydrogens is 239 g/mol. The minimum atomic E-state index is -0.383. The number of hydrogen-bond acceptors (Lipinski definition) is 1. The molecule has 0 spiro atoms. The molecule has 2 aromatic rings. The van der Waals surface area contributed by atoms with E-state index in [4.69, 9.17) is 17.3 Å². The second-order valence-corrected chi connectivity index (χ2v) is 4.39. The Bertz CT molecular complexity index is 508. The summed E-state index contributed by atoms with van der Waals surface area (Å²) in [7, 11) is 0. The third-order valence-corrected chi connectivity index (χ3v) is 2.88. The van der Waals surface area contributed by atoms with Gasteiger partial charge in [-0.1, -0.05) is 17.7 Å². The molecule has 0 unspecified atom stereocenters. The van der Waals surface area contributed by atoms with Crippen molar-refractivity contribution in [3.63, 3.8) is 0 Å². The summed E-state index contributed by atoms with van der Waals surface area (Å²) in [6.45, 7) is 1.33. The highest BCUT2D eigenvalue weighted by atomic mass is 35.5. The van der Waals surface area contributed by atoms with Crippen molar-refractivity contribution >= 4 is 11.6 Å². The normalized spacial score (nSPS) is 10.8. The van der Waals surface area contributed by atoms with Crippen LogP contribution >= 0.6 is 11.6 Å². The van der Waals surface area contributed by atoms with E-state index in [1.54, 1.807) is 12.1 Å². The van der Waals surface area contributed by atoms with Crippen LogP contribution in [0, 0.1) is 5.82 Å². The zero-order chi connectivity index (χ0) is 12.3. The van der Waals surface area contributed by atoms with Gasteiger partial charge < -0.3 is 10.3 Å². The van der Waals surface area contributed by atoms with Crippen molar-refractivity contribution in [2.75, 3.05) is 6.54 Å². The number of rotatable bonds is 4. The molecule has 0 saturated heterocycles. The molecular formula is C13H14ClFN2. The highest BCUT2D eigenvalue weighted by molar-refractivity contribution is 6.30. The molecule has 0 radical (unpaired) electrons. The van der Waals surface area contributed by atoms with E-state index >= 15 is 0 Å². The standard InChI is InChI=1S/C13H14ClFN2/c14-12-7-11(1-2-13(12)15)9-17-6-4-10(8-17)3-5-16/h1-2,4,6-8H,3,5,9,16H2. The van der Waals surface area contributed by atoms with Crippen LogP contribution in [-0.2, 0) is 13.0 Å². The number of nitrogens with two attached hydrogens (primary N) is 1. The fraction of sp³-hybridized carbons (Fsp3) is 0.231. The molecule has 0 saturated carbocycles. The first-order valence-electron chi connectivity index (χ1n) is 5.47. The zero-order valence-electron chi connectivity index (χ0n) is 9.37. The lowest BCUT2D eigenvalue weighted by molar-refractivity contribution is 0.626. The van der Waals surface area contributed by atoms with Gasteiger partial charge in [0.25, 0.3) is 0 Å². The predicted molar refractivity (Wildman–Crippen MR) is 67.7 cm³/mol. The second-order valence-electron chi connectivity index (χ2n) is 3.98. The Balaban J connectivity index is 2.11. The van der Waals surface area contributed by atoms with Crippen LogP contribution < -0.4 is 5.73 Å². The van der Waals surface area contributed by atoms with Crippen molar-refractivity contribution in [3.8, 4) is 0 Å². The van der Waals surface area contributed by atoms with Gasteiger partial charge in [0.15, 0.2) is 0 Å². The van der Waals surface area contributed by atoms with Gasteiger partial charge in [-0.15, -0.1) is 0 Å². The lowest BCUT2D eigenvalue weighted by atomic mass is 10.2. The van der Waals surface area contributed by atoms with Gasteiger partial charge in [-0.2, -0.15) is 0 Å². The Hall–Kier alpha value is -1.32. The van der Waals surface area contributed by atoms with Gasteiger partial charge in [0, 0.05) is 18.9 Å². The van der Waals surface area contributed by atoms with E-state index in [-0.39, 0.29) is 10.8 Å². The molecule has 0 fully saturated rings. The third kappa shape index (κ3) is 3.08. The molecule has 2 rings (SSSR count). The summed E-state index contributed by atoms with van der Waals surface area (Å²) >= 11 is 5.73. The molecule has 0 aliphatic heterocycles. The quantitative estimate of drug-likeness (QED) is 0.891. The van der Waals surface area contributed by atoms with Gasteiger partial charge in [-0.25, -0.2) is 4.39 Å². The van der Waals surface area contributed by atoms with Crippen LogP contribution in [0.5, 0.6) is 0 Å². The van der Waals surface area contributed by atoms with Gasteiger partial charge in [0.1, 0.15) is 5.82 Å². The Morgan fingerprint density at radius 3 is 2.76 bits per heavy atom. The average Bonchev–Trinajstić information content (AvgIpc) is 2.72. The first kappa shape index (κ1) is 12.1. The maximum Gasteiger partial charge on any atom is 0.141 e. The number of benzene rings is 1. The SMILES string of the molecule is NCCc1ccn(Cc2ccc(F)c(Cl)c2)c1. The Kier molecular flexibility index (Phi) is 3.82. The van der Waals surface area contributed by atoms with Gasteiger partial charge in [0.2, 0.25) is 0 Å². The van der Waals surface area contributed by atoms with Crippen molar-refractivity contribution in [1.29, 1.82) is 0 Å². The molecule has 2 nitrogen and oxygen atoms in total. The van der Waals surface area contributed by atoms with Gasteiger partial charge in [-0.3, -0.25) is 0 Å². The largest absolute Gasteiger partial charge is 0.350 e. The molecule has 0 aliphatic carbocycles. The molecule has 0 amide bonds. The molecule has 0 bridgehead atoms. The molecule has 1 aromatic carbocycles. The third-order valence-electron chi connectivity index (χ3n) is 2.59. The summed E-state index contributed by atoms with van der Waals surface area (Å²) in [6.07, 6.45) is 4.91. The van der Waals surface area contributed by atoms with Crippen LogP contribution in [0.2, 0.25) is 5.02 Å². The van der Waals surface area contributed by atoms with E-state index in [9.17, 15) is 4.39 Å². The number of hydrogen-bond donors (Lipinski definition) is 1. The summed E-state index contributed by atoms with van der Waals surface area (Å²) in [4.78, 5) is 0. The number of nitrogens with zero attached hydrogens (tertiary/aromatic N) is 1. The van der Waals surface area contributed by atoms with Crippen molar-refractivity contribution < 1.29 is 4.39 Å². The van der Waals surface area contributed by atoms with Crippen LogP contribution in [0.1, 0.15) is 11.1 Å². The maximum atomic E-state index is 13.0. The molecule has 0 atom stereocenters. The van der Waals surface area contributed by atoms with E-state index in [1.807, 2.05) is 23.0 Å². The lowest BCUT2D eigenvalue weighted by Crippen LogP contribution is -2.02. The molecule has 4 heteroatoms. The minimum Gasteiger partial charge on any atom is -0.350 e. The molecule has 2 N–H and O–H groups in total. The minimum absolute atomic E-state index is 0.164. The van der Waals surface area contributed by atoms with E-state index in [2.05, 4.69) is 0 Å². The van der Waals surface area contributed by atoms with Crippen LogP contribution in [0.15, 0.2) is 36.7 Å². The fourth-order valence-electron chi connectivity index (χ4n) is 1.75. The Labute approximate surface area is 105 Å². The molecule has 17 heavy (non-hydrogen) atoms. The first-order valence-corrected chi connectivity index (χ1v) is 5.85. The topological polar surface area (TPSA) is 30.9 Å². The summed E-state index contributed by atoms with van der Waals surface area (Å²) in [5, 5.41) is 0.164. The van der Waals surface area contributed by atoms with Crippen LogP contribution in [-0.4, -0.2) is 11.1 Å². The van der Waals surface area contributed by atoms with Gasteiger partial charge in [0.05, 0.1) is 5.02 Å². The Morgan fingerprint density at radius 2 is 2.06 bits per heavy atom. The highest BCUT2D eigenvalue weighted by Gasteiger charge is 2.02. The monoisotopic (exact) mass is 252 g/mol. The van der Waals surface area contributed by atoms with Crippen molar-refractivity contribution in [2.24, 2.45) is 5.73 Å². The fourth-order valence-corrected chi connectivity index (χ4v) is 1.96. The first-order chi connectivity index (χ1) is 8.19. The van der Waals surface area contributed by atoms with E-state index in [0.29, 0.717) is 13.1 Å². The van der Waals surface area contributed by atoms with Crippen molar-refractivity contribution in [3.05, 3.63) is 58.6 Å². The number of aromatic nitrogens is 1. The van der Waals surface area contributed by atoms with Crippen LogP contribution in [0.4, 0.5) is 4.39 Å². The average molecular weight is 253 g/mol. The van der Waals surface area contributed by atoms with E-state index in [1.165, 1.54) is 11.6 Å². The van der Waals surface area contributed by atoms with Crippen molar-refractivity contribution in [2.45, 2.75) is 13.0 Å². The van der Waals surface area contributed by atoms with Gasteiger partial charge >= 0.3 is 0 Å². The van der Waals surface area contributed by atoms with Crippen LogP contribution in [0.25, 0.3) is 0 Å². The molecule has 1 aromatic heterocycles. The molecule has 90 valence electrons. The van der Waals surface area contributed by atoms with Gasteiger partial charge in [-0.05, 0) is 42.3 Å². The molecule has 0 aliphatic rings. The Morgan fingerprint density at radius 1 is 1.24 bits per heavy atom. The second kappa shape index (κ2) is 5.34.